The van der Waals surface area contributed by atoms with Gasteiger partial charge in [-0.3, -0.25) is 4.79 Å². The van der Waals surface area contributed by atoms with Crippen molar-refractivity contribution in [2.24, 2.45) is 0 Å². The van der Waals surface area contributed by atoms with Gasteiger partial charge < -0.3 is 10.1 Å². The second kappa shape index (κ2) is 9.10. The standard InChI is InChI=1S/C17H22N2O4S2/c1-13(11-23-2)19-25(21,22)16-6-4-15(5-7-16)18-17(20)8-3-14-9-10-24-12-14/h4-7,9-10,12-13,19H,3,8,11H2,1-2H3,(H,18,20)/t13-/m1/s1. The fourth-order valence-electron chi connectivity index (χ4n) is 2.25. The molecule has 8 heteroatoms. The topological polar surface area (TPSA) is 84.5 Å². The van der Waals surface area contributed by atoms with E-state index in [0.29, 0.717) is 18.5 Å². The Bertz CT molecular complexity index is 771. The van der Waals surface area contributed by atoms with Crippen molar-refractivity contribution in [2.75, 3.05) is 19.0 Å². The Morgan fingerprint density at radius 3 is 2.56 bits per heavy atom. The van der Waals surface area contributed by atoms with Crippen molar-refractivity contribution in [3.63, 3.8) is 0 Å². The highest BCUT2D eigenvalue weighted by Gasteiger charge is 2.17. The van der Waals surface area contributed by atoms with Gasteiger partial charge >= 0.3 is 0 Å². The molecule has 0 spiro atoms. The first-order valence-electron chi connectivity index (χ1n) is 7.83. The molecule has 1 amide bonds. The van der Waals surface area contributed by atoms with Gasteiger partial charge in [-0.1, -0.05) is 0 Å². The molecule has 2 aromatic rings. The Morgan fingerprint density at radius 1 is 1.24 bits per heavy atom. The molecule has 2 rings (SSSR count). The minimum Gasteiger partial charge on any atom is -0.383 e. The molecule has 0 bridgehead atoms. The molecule has 0 saturated heterocycles. The quantitative estimate of drug-likeness (QED) is 0.698. The first-order valence-corrected chi connectivity index (χ1v) is 10.3. The van der Waals surface area contributed by atoms with E-state index in [9.17, 15) is 13.2 Å². The molecule has 1 atom stereocenters. The molecular formula is C17H22N2O4S2. The van der Waals surface area contributed by atoms with E-state index < -0.39 is 10.0 Å². The number of amides is 1. The van der Waals surface area contributed by atoms with Crippen LogP contribution in [-0.4, -0.2) is 34.1 Å². The van der Waals surface area contributed by atoms with Crippen LogP contribution < -0.4 is 10.0 Å². The van der Waals surface area contributed by atoms with Crippen LogP contribution in [0.5, 0.6) is 0 Å². The summed E-state index contributed by atoms with van der Waals surface area (Å²) in [5.74, 6) is -0.103. The molecule has 0 unspecified atom stereocenters. The van der Waals surface area contributed by atoms with E-state index in [4.69, 9.17) is 4.74 Å². The lowest BCUT2D eigenvalue weighted by Gasteiger charge is -2.13. The third kappa shape index (κ3) is 6.24. The molecule has 1 aromatic heterocycles. The lowest BCUT2D eigenvalue weighted by molar-refractivity contribution is -0.116. The maximum atomic E-state index is 12.2. The maximum Gasteiger partial charge on any atom is 0.240 e. The summed E-state index contributed by atoms with van der Waals surface area (Å²) in [6.07, 6.45) is 1.07. The van der Waals surface area contributed by atoms with Gasteiger partial charge in [0.05, 0.1) is 11.5 Å². The minimum atomic E-state index is -3.61. The van der Waals surface area contributed by atoms with Gasteiger partial charge in [0.1, 0.15) is 0 Å². The van der Waals surface area contributed by atoms with Crippen LogP contribution in [0.4, 0.5) is 5.69 Å². The fraction of sp³-hybridized carbons (Fsp3) is 0.353. The van der Waals surface area contributed by atoms with E-state index in [1.54, 1.807) is 30.4 Å². The molecule has 1 heterocycles. The van der Waals surface area contributed by atoms with Crippen molar-refractivity contribution in [3.8, 4) is 0 Å². The smallest absolute Gasteiger partial charge is 0.240 e. The Hall–Kier alpha value is -1.74. The van der Waals surface area contributed by atoms with Gasteiger partial charge in [-0.25, -0.2) is 13.1 Å². The molecule has 0 saturated carbocycles. The molecule has 25 heavy (non-hydrogen) atoms. The van der Waals surface area contributed by atoms with Crippen LogP contribution >= 0.6 is 11.3 Å². The van der Waals surface area contributed by atoms with E-state index in [-0.39, 0.29) is 23.5 Å². The molecule has 0 aliphatic heterocycles. The number of aryl methyl sites for hydroxylation is 1. The van der Waals surface area contributed by atoms with Crippen molar-refractivity contribution in [2.45, 2.75) is 30.7 Å². The molecule has 0 aliphatic carbocycles. The number of rotatable bonds is 9. The molecule has 0 fully saturated rings. The Labute approximate surface area is 152 Å². The molecular weight excluding hydrogens is 360 g/mol. The summed E-state index contributed by atoms with van der Waals surface area (Å²) < 4.78 is 31.9. The van der Waals surface area contributed by atoms with Gasteiger partial charge in [0.25, 0.3) is 0 Å². The van der Waals surface area contributed by atoms with Crippen LogP contribution in [0.2, 0.25) is 0 Å². The summed E-state index contributed by atoms with van der Waals surface area (Å²) in [6, 6.07) is 7.77. The third-order valence-corrected chi connectivity index (χ3v) is 5.78. The zero-order valence-corrected chi connectivity index (χ0v) is 15.8. The highest BCUT2D eigenvalue weighted by Crippen LogP contribution is 2.15. The van der Waals surface area contributed by atoms with Crippen LogP contribution in [-0.2, 0) is 26.0 Å². The number of methoxy groups -OCH3 is 1. The van der Waals surface area contributed by atoms with Crippen LogP contribution in [0.25, 0.3) is 0 Å². The third-order valence-electron chi connectivity index (χ3n) is 3.44. The number of nitrogens with one attached hydrogen (secondary N) is 2. The number of anilines is 1. The van der Waals surface area contributed by atoms with Crippen molar-refractivity contribution in [1.29, 1.82) is 0 Å². The number of carbonyl (C=O) groups is 1. The van der Waals surface area contributed by atoms with E-state index in [1.165, 1.54) is 19.2 Å². The second-order valence-corrected chi connectivity index (χ2v) is 8.18. The predicted molar refractivity (Wildman–Crippen MR) is 99.4 cm³/mol. The summed E-state index contributed by atoms with van der Waals surface area (Å²) in [5.41, 5.74) is 1.71. The molecule has 136 valence electrons. The van der Waals surface area contributed by atoms with Crippen LogP contribution in [0.1, 0.15) is 18.9 Å². The predicted octanol–water partition coefficient (Wildman–Crippen LogP) is 2.63. The van der Waals surface area contributed by atoms with E-state index >= 15 is 0 Å². The number of ether oxygens (including phenoxy) is 1. The van der Waals surface area contributed by atoms with Gasteiger partial charge in [-0.2, -0.15) is 11.3 Å². The van der Waals surface area contributed by atoms with E-state index in [1.807, 2.05) is 16.8 Å². The van der Waals surface area contributed by atoms with Gasteiger partial charge in [-0.15, -0.1) is 0 Å². The highest BCUT2D eigenvalue weighted by atomic mass is 32.2. The van der Waals surface area contributed by atoms with Crippen molar-refractivity contribution >= 4 is 33.0 Å². The number of carbonyl (C=O) groups excluding carboxylic acids is 1. The number of benzene rings is 1. The average molecular weight is 383 g/mol. The molecule has 0 radical (unpaired) electrons. The summed E-state index contributed by atoms with van der Waals surface area (Å²) in [4.78, 5) is 12.1. The van der Waals surface area contributed by atoms with Gasteiger partial charge in [-0.05, 0) is 60.0 Å². The van der Waals surface area contributed by atoms with Gasteiger partial charge in [0.15, 0.2) is 0 Å². The first-order chi connectivity index (χ1) is 11.9. The van der Waals surface area contributed by atoms with Crippen molar-refractivity contribution in [1.82, 2.24) is 4.72 Å². The number of hydrogen-bond donors (Lipinski definition) is 2. The zero-order chi connectivity index (χ0) is 18.3. The Kier molecular flexibility index (Phi) is 7.12. The highest BCUT2D eigenvalue weighted by molar-refractivity contribution is 7.89. The number of hydrogen-bond acceptors (Lipinski definition) is 5. The van der Waals surface area contributed by atoms with Crippen molar-refractivity contribution < 1.29 is 17.9 Å². The van der Waals surface area contributed by atoms with Crippen LogP contribution in [0.15, 0.2) is 46.0 Å². The fourth-order valence-corrected chi connectivity index (χ4v) is 4.18. The lowest BCUT2D eigenvalue weighted by Crippen LogP contribution is -2.35. The first kappa shape index (κ1) is 19.6. The average Bonchev–Trinajstić information content (AvgIpc) is 3.06. The molecule has 6 nitrogen and oxygen atoms in total. The Morgan fingerprint density at radius 2 is 1.96 bits per heavy atom. The molecule has 0 aliphatic rings. The monoisotopic (exact) mass is 382 g/mol. The summed E-state index contributed by atoms with van der Waals surface area (Å²) in [7, 11) is -2.09. The van der Waals surface area contributed by atoms with Gasteiger partial charge in [0.2, 0.25) is 15.9 Å². The SMILES string of the molecule is COC[C@@H](C)NS(=O)(=O)c1ccc(NC(=O)CCc2ccsc2)cc1. The van der Waals surface area contributed by atoms with Crippen LogP contribution in [0.3, 0.4) is 0 Å². The minimum absolute atomic E-state index is 0.103. The molecule has 1 aromatic carbocycles. The number of sulfonamides is 1. The second-order valence-electron chi connectivity index (χ2n) is 5.68. The molecule has 2 N–H and O–H groups in total. The number of thiophene rings is 1. The summed E-state index contributed by atoms with van der Waals surface area (Å²) in [5, 5.41) is 6.77. The van der Waals surface area contributed by atoms with E-state index in [0.717, 1.165) is 5.56 Å². The van der Waals surface area contributed by atoms with Crippen LogP contribution in [0, 0.1) is 0 Å². The summed E-state index contributed by atoms with van der Waals surface area (Å²) >= 11 is 1.60. The largest absolute Gasteiger partial charge is 0.383 e. The summed E-state index contributed by atoms with van der Waals surface area (Å²) in [6.45, 7) is 2.01. The van der Waals surface area contributed by atoms with Gasteiger partial charge in [0, 0.05) is 25.3 Å². The van der Waals surface area contributed by atoms with E-state index in [2.05, 4.69) is 10.0 Å². The van der Waals surface area contributed by atoms with Crippen molar-refractivity contribution in [3.05, 3.63) is 46.7 Å². The maximum absolute atomic E-state index is 12.2. The Balaban J connectivity index is 1.91. The lowest BCUT2D eigenvalue weighted by atomic mass is 10.2. The zero-order valence-electron chi connectivity index (χ0n) is 14.2. The normalized spacial score (nSPS) is 12.7.